The van der Waals surface area contributed by atoms with Crippen LogP contribution in [-0.4, -0.2) is 59.9 Å². The summed E-state index contributed by atoms with van der Waals surface area (Å²) in [6.45, 7) is 24.5. The zero-order valence-electron chi connectivity index (χ0n) is 41.2. The molecule has 0 aromatic carbocycles. The van der Waals surface area contributed by atoms with Gasteiger partial charge in [0.15, 0.2) is 0 Å². The van der Waals surface area contributed by atoms with Gasteiger partial charge in [-0.15, -0.1) is 33.1 Å². The summed E-state index contributed by atoms with van der Waals surface area (Å²) in [5.41, 5.74) is 8.89. The van der Waals surface area contributed by atoms with Crippen LogP contribution in [0.5, 0.6) is 0 Å². The zero-order chi connectivity index (χ0) is 46.0. The second-order valence-corrected chi connectivity index (χ2v) is 20.4. The maximum Gasteiger partial charge on any atom is 2.00 e. The summed E-state index contributed by atoms with van der Waals surface area (Å²) in [5.74, 6) is 1.52. The third-order valence-electron chi connectivity index (χ3n) is 15.4. The number of rotatable bonds is 20. The van der Waals surface area contributed by atoms with Crippen molar-refractivity contribution in [3.8, 4) is 0 Å². The number of aliphatic hydroxyl groups is 1. The average molecular weight is 897 g/mol. The molecule has 2 fully saturated rings. The molecule has 2 aliphatic carbocycles. The monoisotopic (exact) mass is 896 g/mol. The van der Waals surface area contributed by atoms with Gasteiger partial charge in [0.1, 0.15) is 11.7 Å². The number of nitrogens with one attached hydrogen (secondary N) is 1. The molecule has 0 spiro atoms. The van der Waals surface area contributed by atoms with E-state index in [9.17, 15) is 14.7 Å². The van der Waals surface area contributed by atoms with Crippen LogP contribution >= 0.6 is 0 Å². The summed E-state index contributed by atoms with van der Waals surface area (Å²) in [7, 11) is 1.35. The Morgan fingerprint density at radius 3 is 2.18 bits per heavy atom. The number of aromatic nitrogens is 3. The van der Waals surface area contributed by atoms with Crippen LogP contribution < -0.4 is 41.5 Å². The molecule has 65 heavy (non-hydrogen) atoms. The van der Waals surface area contributed by atoms with Gasteiger partial charge in [-0.3, -0.25) is 9.59 Å². The quantitative estimate of drug-likeness (QED) is 0.0873. The number of hydrogen-bond donors (Lipinski definition) is 2. The molecule has 0 radical (unpaired) electrons. The molecular weight excluding hydrogens is 821 g/mol. The fraction of sp³-hybridized carbons (Fsp3) is 0.600. The molecule has 5 heterocycles. The smallest absolute Gasteiger partial charge is 0.657 e. The number of carbonyl (C=O) groups is 2. The fourth-order valence-corrected chi connectivity index (χ4v) is 11.2. The van der Waals surface area contributed by atoms with E-state index in [4.69, 9.17) is 24.4 Å². The normalized spacial score (nSPS) is 24.5. The van der Waals surface area contributed by atoms with Gasteiger partial charge in [-0.05, 0) is 86.7 Å². The van der Waals surface area contributed by atoms with Gasteiger partial charge < -0.3 is 34.8 Å². The molecular formula is C55H75MgN4O5-. The molecule has 3 unspecified atom stereocenters. The van der Waals surface area contributed by atoms with Gasteiger partial charge in [0.05, 0.1) is 19.8 Å². The summed E-state index contributed by atoms with van der Waals surface area (Å²) >= 11 is 0. The van der Waals surface area contributed by atoms with Gasteiger partial charge in [-0.25, -0.2) is 0 Å². The first kappa shape index (κ1) is 50.5. The number of hydrogen-bond acceptors (Lipinski definition) is 6. The van der Waals surface area contributed by atoms with E-state index in [1.165, 1.54) is 64.9 Å². The van der Waals surface area contributed by atoms with E-state index in [0.717, 1.165) is 86.2 Å². The number of allylic oxidation sites excluding steroid dienone is 1. The van der Waals surface area contributed by atoms with E-state index in [1.807, 2.05) is 25.2 Å². The molecule has 2 N–H and O–H groups in total. The van der Waals surface area contributed by atoms with Crippen molar-refractivity contribution in [3.05, 3.63) is 78.4 Å². The Balaban J connectivity index is 0.00000700. The average Bonchev–Trinajstić information content (AvgIpc) is 3.39. The Hall–Kier alpha value is -3.89. The Kier molecular flexibility index (Phi) is 17.0. The van der Waals surface area contributed by atoms with Crippen molar-refractivity contribution in [1.29, 1.82) is 0 Å². The molecule has 10 heteroatoms. The molecule has 8 bridgehead atoms. The van der Waals surface area contributed by atoms with Crippen molar-refractivity contribution < 1.29 is 24.2 Å². The molecule has 7 rings (SSSR count). The SMILES string of the molecule is C=Cc1c2[n-]c(c1C)/C=C1\NC(C3=c4[n-]c(c(C)c4=C(O)[C@@H]3C(=O)OC)/C=c3\[n-]/c(c(C)c3CC)=C\2)[C@@H](CCC(=O)OCC2CC2CCC[C@H](C)CCC[C@H](C)CCCC(C)C)[C@@H]1C.[Mg+2]. The third-order valence-corrected chi connectivity index (χ3v) is 15.4. The zero-order valence-corrected chi connectivity index (χ0v) is 42.7. The van der Waals surface area contributed by atoms with Gasteiger partial charge >= 0.3 is 35.0 Å². The maximum atomic E-state index is 13.7. The molecule has 2 aliphatic heterocycles. The summed E-state index contributed by atoms with van der Waals surface area (Å²) in [4.78, 5) is 42.6. The maximum absolute atomic E-state index is 13.7. The van der Waals surface area contributed by atoms with Crippen LogP contribution in [0.2, 0.25) is 0 Å². The van der Waals surface area contributed by atoms with Crippen molar-refractivity contribution in [2.75, 3.05) is 13.7 Å². The van der Waals surface area contributed by atoms with Crippen LogP contribution in [0.4, 0.5) is 0 Å². The molecule has 3 aromatic heterocycles. The van der Waals surface area contributed by atoms with Crippen molar-refractivity contribution >= 4 is 70.6 Å². The van der Waals surface area contributed by atoms with Gasteiger partial charge in [-0.2, -0.15) is 0 Å². The molecule has 4 aliphatic rings. The number of ether oxygens (including phenoxy) is 2. The van der Waals surface area contributed by atoms with Crippen LogP contribution in [0.25, 0.3) is 35.6 Å². The van der Waals surface area contributed by atoms with Gasteiger partial charge in [0.25, 0.3) is 0 Å². The van der Waals surface area contributed by atoms with Crippen LogP contribution in [0.1, 0.15) is 163 Å². The van der Waals surface area contributed by atoms with E-state index in [0.29, 0.717) is 46.7 Å². The topological polar surface area (TPSA) is 127 Å². The first-order valence-electron chi connectivity index (χ1n) is 24.6. The molecule has 3 aromatic rings. The third kappa shape index (κ3) is 11.0. The second-order valence-electron chi connectivity index (χ2n) is 20.4. The number of nitrogens with zero attached hydrogens (tertiary/aromatic N) is 3. The van der Waals surface area contributed by atoms with E-state index >= 15 is 0 Å². The molecule has 8 atom stereocenters. The molecule has 348 valence electrons. The van der Waals surface area contributed by atoms with Crippen LogP contribution in [-0.2, 0) is 25.5 Å². The van der Waals surface area contributed by atoms with Gasteiger partial charge in [0, 0.05) is 23.3 Å². The first-order valence-corrected chi connectivity index (χ1v) is 24.6. The number of carbonyl (C=O) groups excluding carboxylic acids is 2. The predicted octanol–water partition coefficient (Wildman–Crippen LogP) is 7.56. The number of aliphatic hydroxyl groups excluding tert-OH is 1. The summed E-state index contributed by atoms with van der Waals surface area (Å²) < 4.78 is 11.3. The number of esters is 2. The molecule has 9 nitrogen and oxygen atoms in total. The second kappa shape index (κ2) is 21.8. The Morgan fingerprint density at radius 1 is 0.862 bits per heavy atom. The van der Waals surface area contributed by atoms with E-state index in [1.54, 1.807) is 0 Å². The van der Waals surface area contributed by atoms with E-state index in [2.05, 4.69) is 73.4 Å². The Bertz CT molecular complexity index is 2500. The molecule has 1 saturated heterocycles. The van der Waals surface area contributed by atoms with Gasteiger partial charge in [-0.1, -0.05) is 152 Å². The summed E-state index contributed by atoms with van der Waals surface area (Å²) in [5, 5.41) is 18.5. The minimum absolute atomic E-state index is 0. The Morgan fingerprint density at radius 2 is 1.52 bits per heavy atom. The van der Waals surface area contributed by atoms with Crippen LogP contribution in [0, 0.1) is 68.1 Å². The largest absolute Gasteiger partial charge is 2.00 e. The number of methoxy groups -OCH3 is 1. The van der Waals surface area contributed by atoms with E-state index in [-0.39, 0.29) is 53.0 Å². The predicted molar refractivity (Wildman–Crippen MR) is 263 cm³/mol. The van der Waals surface area contributed by atoms with Crippen molar-refractivity contribution in [2.24, 2.45) is 47.3 Å². The minimum Gasteiger partial charge on any atom is -0.657 e. The standard InChI is InChI=1S/C55H75N4O5.Mg/c1-12-39-33(7)42-26-44-35(9)41(23-24-48(60)64-29-38-25-37(38)22-16-21-32(6)20-15-19-31(5)18-14-17-30(3)4)52(58-44)50-51(55(62)63-11)54(61)49-36(10)45(59-53(49)50)28-47-40(13-2)34(8)43(57-47)27-46(39)56-42;/h12,26-28,30-32,35,37-38,41,51-52,58,61H,1,13-25,29H2,2-11H3;/q-3;+2/b43-27-,44-26-,47-28-;/t31-,32-,35+,37?,38?,41+,51-,52?;/m1./s1. The summed E-state index contributed by atoms with van der Waals surface area (Å²) in [6, 6.07) is -0.429. The first-order chi connectivity index (χ1) is 30.6. The van der Waals surface area contributed by atoms with Gasteiger partial charge in [0.2, 0.25) is 0 Å². The molecule has 0 amide bonds. The van der Waals surface area contributed by atoms with Crippen LogP contribution in [0.15, 0.2) is 12.3 Å². The Labute approximate surface area is 404 Å². The minimum atomic E-state index is -1.03. The van der Waals surface area contributed by atoms with Crippen molar-refractivity contribution in [1.82, 2.24) is 20.3 Å². The van der Waals surface area contributed by atoms with E-state index < -0.39 is 17.9 Å². The van der Waals surface area contributed by atoms with Crippen LogP contribution in [0.3, 0.4) is 0 Å². The molecule has 1 saturated carbocycles. The van der Waals surface area contributed by atoms with Crippen molar-refractivity contribution in [2.45, 2.75) is 152 Å². The fourth-order valence-electron chi connectivity index (χ4n) is 11.2. The van der Waals surface area contributed by atoms with Crippen molar-refractivity contribution in [3.63, 3.8) is 0 Å². The summed E-state index contributed by atoms with van der Waals surface area (Å²) in [6.07, 6.45) is 22.5. The number of fused-ring (bicyclic) bond motifs is 8.